The van der Waals surface area contributed by atoms with Gasteiger partial charge in [-0.05, 0) is 44.8 Å². The van der Waals surface area contributed by atoms with Crippen LogP contribution in [0, 0.1) is 34.9 Å². The highest BCUT2D eigenvalue weighted by Gasteiger charge is 2.30. The highest BCUT2D eigenvalue weighted by Crippen LogP contribution is 2.46. The summed E-state index contributed by atoms with van der Waals surface area (Å²) in [4.78, 5) is 0. The summed E-state index contributed by atoms with van der Waals surface area (Å²) in [5.74, 6) is -9.78. The zero-order valence-corrected chi connectivity index (χ0v) is 17.5. The van der Waals surface area contributed by atoms with Crippen molar-refractivity contribution in [2.24, 2.45) is 0 Å². The monoisotopic (exact) mass is 468 g/mol. The molecule has 0 aromatic heterocycles. The van der Waals surface area contributed by atoms with Gasteiger partial charge in [-0.3, -0.25) is 0 Å². The Morgan fingerprint density at radius 1 is 0.500 bits per heavy atom. The minimum Gasteiger partial charge on any atom is -0.491 e. The van der Waals surface area contributed by atoms with Crippen LogP contribution in [0.25, 0.3) is 43.8 Å². The number of hydrogen-bond donors (Lipinski definition) is 0. The Balaban J connectivity index is 2.01. The first-order chi connectivity index (χ1) is 16.3. The molecule has 0 amide bonds. The fraction of sp³-hybridized carbons (Fsp3) is 0.0370. The van der Waals surface area contributed by atoms with E-state index in [9.17, 15) is 17.6 Å². The molecule has 5 aromatic rings. The summed E-state index contributed by atoms with van der Waals surface area (Å²) < 4.78 is 91.9. The molecule has 0 aliphatic heterocycles. The molecule has 0 aliphatic carbocycles. The van der Waals surface area contributed by atoms with Crippen molar-refractivity contribution in [3.05, 3.63) is 102 Å². The average Bonchev–Trinajstić information content (AvgIpc) is 2.84. The maximum atomic E-state index is 15.2. The normalized spacial score (nSPS) is 11.4. The molecule has 170 valence electrons. The Morgan fingerprint density at radius 2 is 0.971 bits per heavy atom. The third-order valence-electron chi connectivity index (χ3n) is 5.82. The van der Waals surface area contributed by atoms with Crippen molar-refractivity contribution in [1.82, 2.24) is 0 Å². The number of ether oxygens (including phenoxy) is 1. The summed E-state index contributed by atoms with van der Waals surface area (Å²) >= 11 is 0. The molecule has 0 fully saturated rings. The molecule has 0 saturated heterocycles. The fourth-order valence-corrected chi connectivity index (χ4v) is 4.37. The predicted octanol–water partition coefficient (Wildman–Crippen LogP) is 8.17. The maximum Gasteiger partial charge on any atom is 0.204 e. The highest BCUT2D eigenvalue weighted by atomic mass is 19.2. The number of benzene rings is 5. The molecule has 0 aliphatic rings. The van der Waals surface area contributed by atoms with Gasteiger partial charge >= 0.3 is 0 Å². The Morgan fingerprint density at radius 3 is 1.41 bits per heavy atom. The Bertz CT molecular complexity index is 1520. The van der Waals surface area contributed by atoms with Crippen LogP contribution < -0.4 is 4.74 Å². The van der Waals surface area contributed by atoms with Gasteiger partial charge in [0.25, 0.3) is 0 Å². The second-order valence-corrected chi connectivity index (χ2v) is 7.63. The molecule has 34 heavy (non-hydrogen) atoms. The first-order valence-electron chi connectivity index (χ1n) is 10.1. The predicted molar refractivity (Wildman–Crippen MR) is 119 cm³/mol. The van der Waals surface area contributed by atoms with Crippen molar-refractivity contribution in [2.75, 3.05) is 7.11 Å². The van der Waals surface area contributed by atoms with Crippen LogP contribution in [0.15, 0.2) is 66.7 Å². The van der Waals surface area contributed by atoms with Gasteiger partial charge in [0.15, 0.2) is 29.0 Å². The first kappa shape index (κ1) is 21.8. The molecule has 0 atom stereocenters. The van der Waals surface area contributed by atoms with Crippen LogP contribution in [0.5, 0.6) is 5.75 Å². The number of hydrogen-bond acceptors (Lipinski definition) is 1. The lowest BCUT2D eigenvalue weighted by Crippen LogP contribution is -2.04. The lowest BCUT2D eigenvalue weighted by Gasteiger charge is -2.19. The summed E-state index contributed by atoms with van der Waals surface area (Å²) in [7, 11) is 0.904. The molecule has 5 rings (SSSR count). The Hall–Kier alpha value is -4.00. The van der Waals surface area contributed by atoms with E-state index in [1.165, 1.54) is 6.07 Å². The minimum atomic E-state index is -1.66. The zero-order chi connectivity index (χ0) is 24.1. The van der Waals surface area contributed by atoms with Crippen molar-refractivity contribution in [2.45, 2.75) is 0 Å². The molecule has 0 unspecified atom stereocenters. The maximum absolute atomic E-state index is 15.2. The average molecular weight is 468 g/mol. The van der Waals surface area contributed by atoms with E-state index < -0.39 is 46.2 Å². The van der Waals surface area contributed by atoms with Gasteiger partial charge in [-0.15, -0.1) is 0 Å². The van der Waals surface area contributed by atoms with Gasteiger partial charge in [0.1, 0.15) is 0 Å². The van der Waals surface area contributed by atoms with Crippen LogP contribution in [0.1, 0.15) is 0 Å². The quantitative estimate of drug-likeness (QED) is 0.147. The SMILES string of the molecule is COc1c(F)c(F)c(-c2c3ccccc3c(-c3ccc(F)c(F)c3)c3ccccc23)c(F)c1F. The summed E-state index contributed by atoms with van der Waals surface area (Å²) in [6.07, 6.45) is 0. The highest BCUT2D eigenvalue weighted by molar-refractivity contribution is 6.21. The second kappa shape index (κ2) is 8.09. The van der Waals surface area contributed by atoms with E-state index in [2.05, 4.69) is 4.74 Å². The zero-order valence-electron chi connectivity index (χ0n) is 17.5. The Kier molecular flexibility index (Phi) is 5.20. The molecule has 0 heterocycles. The van der Waals surface area contributed by atoms with E-state index in [0.29, 0.717) is 21.9 Å². The van der Waals surface area contributed by atoms with E-state index in [4.69, 9.17) is 0 Å². The number of methoxy groups -OCH3 is 1. The topological polar surface area (TPSA) is 9.23 Å². The van der Waals surface area contributed by atoms with E-state index >= 15 is 8.78 Å². The minimum absolute atomic E-state index is 0.0759. The number of rotatable bonds is 3. The molecule has 0 radical (unpaired) electrons. The molecule has 7 heteroatoms. The van der Waals surface area contributed by atoms with Gasteiger partial charge in [-0.1, -0.05) is 54.6 Å². The summed E-state index contributed by atoms with van der Waals surface area (Å²) in [6.45, 7) is 0. The molecule has 1 nitrogen and oxygen atoms in total. The summed E-state index contributed by atoms with van der Waals surface area (Å²) in [5, 5.41) is 1.39. The van der Waals surface area contributed by atoms with E-state index in [1.54, 1.807) is 48.5 Å². The van der Waals surface area contributed by atoms with Crippen molar-refractivity contribution in [3.8, 4) is 28.0 Å². The second-order valence-electron chi connectivity index (χ2n) is 7.63. The summed E-state index contributed by atoms with van der Waals surface area (Å²) in [5.41, 5.74) is -0.164. The first-order valence-corrected chi connectivity index (χ1v) is 10.1. The van der Waals surface area contributed by atoms with Gasteiger partial charge in [-0.25, -0.2) is 17.6 Å². The van der Waals surface area contributed by atoms with Crippen molar-refractivity contribution in [1.29, 1.82) is 0 Å². The smallest absolute Gasteiger partial charge is 0.204 e. The van der Waals surface area contributed by atoms with Crippen molar-refractivity contribution in [3.63, 3.8) is 0 Å². The van der Waals surface area contributed by atoms with E-state index in [1.807, 2.05) is 0 Å². The molecule has 0 saturated carbocycles. The van der Waals surface area contributed by atoms with Gasteiger partial charge in [0, 0.05) is 5.56 Å². The number of halogens is 6. The standard InChI is InChI=1S/C27H14F6O/c1-34-27-25(32)23(30)22(24(31)26(27)33)21-16-8-4-2-6-14(16)20(15-7-3-5-9-17(15)21)13-10-11-18(28)19(29)12-13/h2-12H,1H3. The van der Waals surface area contributed by atoms with Crippen LogP contribution >= 0.6 is 0 Å². The van der Waals surface area contributed by atoms with Crippen LogP contribution in [-0.2, 0) is 0 Å². The molecular formula is C27H14F6O. The van der Waals surface area contributed by atoms with Crippen LogP contribution in [0.2, 0.25) is 0 Å². The van der Waals surface area contributed by atoms with Gasteiger partial charge in [-0.2, -0.15) is 8.78 Å². The third-order valence-corrected chi connectivity index (χ3v) is 5.82. The lowest BCUT2D eigenvalue weighted by molar-refractivity contribution is 0.334. The number of fused-ring (bicyclic) bond motifs is 2. The lowest BCUT2D eigenvalue weighted by atomic mass is 9.85. The van der Waals surface area contributed by atoms with E-state index in [-0.39, 0.29) is 16.3 Å². The fourth-order valence-electron chi connectivity index (χ4n) is 4.37. The van der Waals surface area contributed by atoms with E-state index in [0.717, 1.165) is 19.2 Å². The van der Waals surface area contributed by atoms with Gasteiger partial charge in [0.05, 0.1) is 12.7 Å². The third kappa shape index (κ3) is 3.11. The van der Waals surface area contributed by atoms with Crippen LogP contribution in [-0.4, -0.2) is 7.11 Å². The molecular weight excluding hydrogens is 454 g/mol. The van der Waals surface area contributed by atoms with Crippen molar-refractivity contribution < 1.29 is 31.1 Å². The van der Waals surface area contributed by atoms with Crippen LogP contribution in [0.4, 0.5) is 26.3 Å². The van der Waals surface area contributed by atoms with Gasteiger partial charge < -0.3 is 4.74 Å². The molecule has 0 bridgehead atoms. The van der Waals surface area contributed by atoms with Crippen molar-refractivity contribution >= 4 is 21.5 Å². The van der Waals surface area contributed by atoms with Crippen LogP contribution in [0.3, 0.4) is 0 Å². The van der Waals surface area contributed by atoms with Gasteiger partial charge in [0.2, 0.25) is 11.6 Å². The molecule has 5 aromatic carbocycles. The largest absolute Gasteiger partial charge is 0.491 e. The molecule has 0 spiro atoms. The Labute approximate surface area is 189 Å². The summed E-state index contributed by atoms with van der Waals surface area (Å²) in [6, 6.07) is 16.3. The molecule has 0 N–H and O–H groups in total.